The summed E-state index contributed by atoms with van der Waals surface area (Å²) in [5.74, 6) is 1.98. The molecule has 4 heterocycles. The standard InChI is InChI=1S/C17H15N9/c18-6-12-7-21-14(8-20-12)23-11-2-1-10(5-11)17-25-24-15-9-22-16-13(26(15)17)3-4-19-16/h3-4,7-11,19H,1-2,5H2,(H,21,23)/t10-,11?/m1/s1. The third kappa shape index (κ3) is 2.35. The number of rotatable bonds is 3. The quantitative estimate of drug-likeness (QED) is 0.582. The average molecular weight is 345 g/mol. The number of hydrogen-bond acceptors (Lipinski definition) is 7. The second-order valence-electron chi connectivity index (χ2n) is 6.47. The second-order valence-corrected chi connectivity index (χ2v) is 6.47. The van der Waals surface area contributed by atoms with Crippen LogP contribution in [0, 0.1) is 11.3 Å². The smallest absolute Gasteiger partial charge is 0.179 e. The largest absolute Gasteiger partial charge is 0.366 e. The summed E-state index contributed by atoms with van der Waals surface area (Å²) < 4.78 is 2.09. The maximum atomic E-state index is 8.80. The third-order valence-corrected chi connectivity index (χ3v) is 4.88. The van der Waals surface area contributed by atoms with Crippen molar-refractivity contribution in [1.29, 1.82) is 5.26 Å². The van der Waals surface area contributed by atoms with Crippen molar-refractivity contribution in [3.8, 4) is 6.07 Å². The molecule has 5 rings (SSSR count). The van der Waals surface area contributed by atoms with Crippen LogP contribution in [0.4, 0.5) is 5.82 Å². The minimum Gasteiger partial charge on any atom is -0.366 e. The van der Waals surface area contributed by atoms with Crippen LogP contribution in [0.15, 0.2) is 30.9 Å². The molecule has 26 heavy (non-hydrogen) atoms. The zero-order chi connectivity index (χ0) is 17.5. The van der Waals surface area contributed by atoms with Crippen LogP contribution >= 0.6 is 0 Å². The van der Waals surface area contributed by atoms with Gasteiger partial charge in [0.15, 0.2) is 17.0 Å². The molecule has 2 N–H and O–H groups in total. The third-order valence-electron chi connectivity index (χ3n) is 4.88. The molecule has 0 aliphatic heterocycles. The lowest BCUT2D eigenvalue weighted by Crippen LogP contribution is -2.16. The van der Waals surface area contributed by atoms with Crippen LogP contribution in [0.3, 0.4) is 0 Å². The van der Waals surface area contributed by atoms with Crippen LogP contribution in [-0.4, -0.2) is 40.6 Å². The molecule has 0 radical (unpaired) electrons. The van der Waals surface area contributed by atoms with Crippen molar-refractivity contribution in [3.63, 3.8) is 0 Å². The molecule has 1 aliphatic rings. The molecule has 0 bridgehead atoms. The molecular weight excluding hydrogens is 330 g/mol. The molecule has 2 atom stereocenters. The Bertz CT molecular complexity index is 1120. The zero-order valence-corrected chi connectivity index (χ0v) is 13.8. The fourth-order valence-corrected chi connectivity index (χ4v) is 3.68. The highest BCUT2D eigenvalue weighted by Gasteiger charge is 2.30. The van der Waals surface area contributed by atoms with Crippen molar-refractivity contribution in [2.75, 3.05) is 5.32 Å². The molecule has 9 heteroatoms. The highest BCUT2D eigenvalue weighted by atomic mass is 15.3. The topological polar surface area (TPSA) is 120 Å². The SMILES string of the molecule is N#Cc1cnc(NC2CC[C@@H](c3nnc4cnc5[nH]ccc5n34)C2)cn1. The fraction of sp³-hybridized carbons (Fsp3) is 0.294. The first-order valence-corrected chi connectivity index (χ1v) is 8.47. The lowest BCUT2D eigenvalue weighted by Gasteiger charge is -2.13. The van der Waals surface area contributed by atoms with Crippen LogP contribution in [-0.2, 0) is 0 Å². The van der Waals surface area contributed by atoms with Gasteiger partial charge in [-0.25, -0.2) is 15.0 Å². The van der Waals surface area contributed by atoms with Gasteiger partial charge in [-0.3, -0.25) is 4.40 Å². The van der Waals surface area contributed by atoms with Crippen molar-refractivity contribution >= 4 is 22.6 Å². The van der Waals surface area contributed by atoms with E-state index < -0.39 is 0 Å². The normalized spacial score (nSPS) is 19.8. The molecule has 1 aliphatic carbocycles. The van der Waals surface area contributed by atoms with Crippen molar-refractivity contribution in [2.45, 2.75) is 31.2 Å². The fourth-order valence-electron chi connectivity index (χ4n) is 3.68. The molecule has 4 aromatic rings. The summed E-state index contributed by atoms with van der Waals surface area (Å²) in [4.78, 5) is 15.8. The highest BCUT2D eigenvalue weighted by molar-refractivity contribution is 5.74. The summed E-state index contributed by atoms with van der Waals surface area (Å²) >= 11 is 0. The van der Waals surface area contributed by atoms with Crippen molar-refractivity contribution in [3.05, 3.63) is 42.4 Å². The Balaban J connectivity index is 1.39. The summed E-state index contributed by atoms with van der Waals surface area (Å²) in [6.07, 6.45) is 9.69. The molecule has 0 amide bonds. The van der Waals surface area contributed by atoms with E-state index in [0.29, 0.717) is 17.4 Å². The first-order valence-electron chi connectivity index (χ1n) is 8.47. The lowest BCUT2D eigenvalue weighted by atomic mass is 10.1. The molecule has 1 saturated carbocycles. The summed E-state index contributed by atoms with van der Waals surface area (Å²) in [5, 5.41) is 20.9. The van der Waals surface area contributed by atoms with Crippen LogP contribution in [0.25, 0.3) is 16.8 Å². The lowest BCUT2D eigenvalue weighted by molar-refractivity contribution is 0.651. The van der Waals surface area contributed by atoms with Crippen LogP contribution in [0.5, 0.6) is 0 Å². The van der Waals surface area contributed by atoms with Crippen molar-refractivity contribution in [1.82, 2.24) is 34.5 Å². The van der Waals surface area contributed by atoms with Crippen molar-refractivity contribution in [2.24, 2.45) is 0 Å². The summed E-state index contributed by atoms with van der Waals surface area (Å²) in [6.45, 7) is 0. The number of anilines is 1. The molecule has 1 unspecified atom stereocenters. The molecule has 0 aromatic carbocycles. The molecule has 0 spiro atoms. The summed E-state index contributed by atoms with van der Waals surface area (Å²) in [6, 6.07) is 4.26. The Morgan fingerprint density at radius 3 is 2.96 bits per heavy atom. The molecule has 128 valence electrons. The van der Waals surface area contributed by atoms with E-state index in [4.69, 9.17) is 5.26 Å². The van der Waals surface area contributed by atoms with E-state index in [1.807, 2.05) is 18.3 Å². The Kier molecular flexibility index (Phi) is 3.28. The predicted molar refractivity (Wildman–Crippen MR) is 93.4 cm³/mol. The molecule has 4 aromatic heterocycles. The van der Waals surface area contributed by atoms with E-state index in [1.165, 1.54) is 6.20 Å². The van der Waals surface area contributed by atoms with Gasteiger partial charge in [0.1, 0.15) is 17.7 Å². The minimum atomic E-state index is 0.290. The first-order chi connectivity index (χ1) is 12.8. The number of H-pyrrole nitrogens is 1. The van der Waals surface area contributed by atoms with Crippen LogP contribution < -0.4 is 5.32 Å². The highest BCUT2D eigenvalue weighted by Crippen LogP contribution is 2.35. The van der Waals surface area contributed by atoms with E-state index in [9.17, 15) is 0 Å². The van der Waals surface area contributed by atoms with Gasteiger partial charge >= 0.3 is 0 Å². The molecular formula is C17H15N9. The van der Waals surface area contributed by atoms with Gasteiger partial charge in [0.05, 0.1) is 24.1 Å². The van der Waals surface area contributed by atoms with E-state index >= 15 is 0 Å². The number of fused-ring (bicyclic) bond motifs is 3. The van der Waals surface area contributed by atoms with Gasteiger partial charge in [-0.1, -0.05) is 0 Å². The van der Waals surface area contributed by atoms with Crippen molar-refractivity contribution < 1.29 is 0 Å². The van der Waals surface area contributed by atoms with Gasteiger partial charge in [-0.05, 0) is 25.3 Å². The zero-order valence-electron chi connectivity index (χ0n) is 13.8. The Morgan fingerprint density at radius 2 is 2.12 bits per heavy atom. The Hall–Kier alpha value is -3.54. The van der Waals surface area contributed by atoms with Crippen LogP contribution in [0.1, 0.15) is 36.7 Å². The van der Waals surface area contributed by atoms with Gasteiger partial charge in [0.2, 0.25) is 0 Å². The predicted octanol–water partition coefficient (Wildman–Crippen LogP) is 2.02. The maximum Gasteiger partial charge on any atom is 0.179 e. The van der Waals surface area contributed by atoms with E-state index in [1.54, 1.807) is 12.4 Å². The van der Waals surface area contributed by atoms with Gasteiger partial charge < -0.3 is 10.3 Å². The van der Waals surface area contributed by atoms with E-state index in [-0.39, 0.29) is 6.04 Å². The first kappa shape index (κ1) is 14.8. The number of aromatic nitrogens is 7. The molecule has 1 fully saturated rings. The number of nitriles is 1. The number of hydrogen-bond donors (Lipinski definition) is 2. The summed E-state index contributed by atoms with van der Waals surface area (Å²) in [7, 11) is 0. The number of nitrogens with one attached hydrogen (secondary N) is 2. The van der Waals surface area contributed by atoms with E-state index in [2.05, 4.69) is 39.9 Å². The van der Waals surface area contributed by atoms with Crippen LogP contribution in [0.2, 0.25) is 0 Å². The Morgan fingerprint density at radius 1 is 1.15 bits per heavy atom. The van der Waals surface area contributed by atoms with E-state index in [0.717, 1.165) is 41.9 Å². The van der Waals surface area contributed by atoms with Gasteiger partial charge in [0.25, 0.3) is 0 Å². The minimum absolute atomic E-state index is 0.290. The monoisotopic (exact) mass is 345 g/mol. The Labute approximate surface area is 148 Å². The number of aromatic amines is 1. The van der Waals surface area contributed by atoms with Gasteiger partial charge in [0, 0.05) is 18.2 Å². The molecule has 9 nitrogen and oxygen atoms in total. The van der Waals surface area contributed by atoms with Gasteiger partial charge in [-0.15, -0.1) is 10.2 Å². The molecule has 0 saturated heterocycles. The maximum absolute atomic E-state index is 8.80. The number of nitrogens with zero attached hydrogens (tertiary/aromatic N) is 7. The van der Waals surface area contributed by atoms with Gasteiger partial charge in [-0.2, -0.15) is 5.26 Å². The average Bonchev–Trinajstić information content (AvgIpc) is 3.40. The summed E-state index contributed by atoms with van der Waals surface area (Å²) in [5.41, 5.74) is 2.91. The second kappa shape index (κ2) is 5.77.